The molecule has 0 aromatic heterocycles. The number of rotatable bonds is 8. The minimum absolute atomic E-state index is 0.0101. The summed E-state index contributed by atoms with van der Waals surface area (Å²) in [6.07, 6.45) is -1.09. The molecule has 1 aliphatic rings. The van der Waals surface area contributed by atoms with Gasteiger partial charge in [-0.05, 0) is 30.0 Å². The highest BCUT2D eigenvalue weighted by Crippen LogP contribution is 2.30. The average Bonchev–Trinajstić information content (AvgIpc) is 2.93. The van der Waals surface area contributed by atoms with Crippen LogP contribution in [0.2, 0.25) is 0 Å². The van der Waals surface area contributed by atoms with Crippen LogP contribution in [0.15, 0.2) is 48.5 Å². The van der Waals surface area contributed by atoms with E-state index in [1.165, 1.54) is 6.07 Å². The molecule has 1 fully saturated rings. The number of β-amino-alcohol motifs (C(OH)–C–C–N with tert-alkyl or cyclic N) is 1. The number of nitrogens with zero attached hydrogens (tertiary/aromatic N) is 1. The molecule has 3 amide bonds. The lowest BCUT2D eigenvalue weighted by Crippen LogP contribution is -2.42. The molecule has 1 heterocycles. The summed E-state index contributed by atoms with van der Waals surface area (Å²) in [6, 6.07) is 13.2. The monoisotopic (exact) mass is 414 g/mol. The molecule has 1 saturated heterocycles. The van der Waals surface area contributed by atoms with Crippen molar-refractivity contribution in [1.82, 2.24) is 10.2 Å². The van der Waals surface area contributed by atoms with Crippen molar-refractivity contribution in [2.24, 2.45) is 0 Å². The van der Waals surface area contributed by atoms with E-state index in [2.05, 4.69) is 19.2 Å². The molecule has 2 aromatic rings. The van der Waals surface area contributed by atoms with Gasteiger partial charge in [-0.1, -0.05) is 56.3 Å². The van der Waals surface area contributed by atoms with Crippen molar-refractivity contribution in [2.75, 3.05) is 13.2 Å². The van der Waals surface area contributed by atoms with Crippen molar-refractivity contribution >= 4 is 11.9 Å². The number of hydrogen-bond acceptors (Lipinski definition) is 4. The van der Waals surface area contributed by atoms with E-state index in [4.69, 9.17) is 4.74 Å². The SMILES string of the molecule is CC(C)c1ccc([C@]2(C)NC(=O)N(C[C@@H](O)COCc3ccccc3F)C2=O)cc1. The lowest BCUT2D eigenvalue weighted by atomic mass is 9.90. The van der Waals surface area contributed by atoms with Gasteiger partial charge in [0.25, 0.3) is 5.91 Å². The Labute approximate surface area is 175 Å². The third kappa shape index (κ3) is 4.52. The number of aliphatic hydroxyl groups excluding tert-OH is 1. The minimum atomic E-state index is -1.19. The van der Waals surface area contributed by atoms with Crippen molar-refractivity contribution in [3.05, 3.63) is 71.0 Å². The van der Waals surface area contributed by atoms with E-state index in [0.717, 1.165) is 10.5 Å². The predicted molar refractivity (Wildman–Crippen MR) is 110 cm³/mol. The largest absolute Gasteiger partial charge is 0.389 e. The number of imide groups is 1. The maximum absolute atomic E-state index is 13.6. The molecule has 0 unspecified atom stereocenters. The minimum Gasteiger partial charge on any atom is -0.389 e. The van der Waals surface area contributed by atoms with Crippen LogP contribution in [0.25, 0.3) is 0 Å². The third-order valence-electron chi connectivity index (χ3n) is 5.35. The first-order chi connectivity index (χ1) is 14.2. The highest BCUT2D eigenvalue weighted by atomic mass is 19.1. The molecule has 7 heteroatoms. The number of benzene rings is 2. The zero-order valence-corrected chi connectivity index (χ0v) is 17.4. The second-order valence-corrected chi connectivity index (χ2v) is 8.01. The van der Waals surface area contributed by atoms with E-state index in [0.29, 0.717) is 17.0 Å². The summed E-state index contributed by atoms with van der Waals surface area (Å²) in [5.41, 5.74) is 0.994. The molecular weight excluding hydrogens is 387 g/mol. The molecule has 6 nitrogen and oxygen atoms in total. The number of nitrogens with one attached hydrogen (secondary N) is 1. The van der Waals surface area contributed by atoms with Crippen LogP contribution in [0.3, 0.4) is 0 Å². The molecule has 1 aliphatic heterocycles. The van der Waals surface area contributed by atoms with E-state index in [1.54, 1.807) is 25.1 Å². The van der Waals surface area contributed by atoms with Gasteiger partial charge >= 0.3 is 6.03 Å². The Morgan fingerprint density at radius 2 is 1.80 bits per heavy atom. The summed E-state index contributed by atoms with van der Waals surface area (Å²) in [5.74, 6) is -0.463. The van der Waals surface area contributed by atoms with Crippen LogP contribution in [-0.4, -0.2) is 41.2 Å². The van der Waals surface area contributed by atoms with Crippen molar-refractivity contribution in [3.8, 4) is 0 Å². The zero-order valence-electron chi connectivity index (χ0n) is 17.4. The van der Waals surface area contributed by atoms with Gasteiger partial charge in [0.1, 0.15) is 11.4 Å². The van der Waals surface area contributed by atoms with E-state index in [-0.39, 0.29) is 25.6 Å². The fourth-order valence-corrected chi connectivity index (χ4v) is 3.44. The first-order valence-electron chi connectivity index (χ1n) is 9.96. The summed E-state index contributed by atoms with van der Waals surface area (Å²) >= 11 is 0. The average molecular weight is 414 g/mol. The smallest absolute Gasteiger partial charge is 0.325 e. The van der Waals surface area contributed by atoms with Crippen molar-refractivity contribution in [1.29, 1.82) is 0 Å². The number of halogens is 1. The van der Waals surface area contributed by atoms with Crippen LogP contribution < -0.4 is 5.32 Å². The number of carbonyl (C=O) groups excluding carboxylic acids is 2. The van der Waals surface area contributed by atoms with Gasteiger partial charge < -0.3 is 15.2 Å². The Morgan fingerprint density at radius 1 is 1.13 bits per heavy atom. The molecule has 3 rings (SSSR count). The fourth-order valence-electron chi connectivity index (χ4n) is 3.44. The molecule has 0 saturated carbocycles. The molecule has 30 heavy (non-hydrogen) atoms. The van der Waals surface area contributed by atoms with E-state index in [9.17, 15) is 19.1 Å². The van der Waals surface area contributed by atoms with Crippen LogP contribution in [0.1, 0.15) is 43.4 Å². The molecule has 0 radical (unpaired) electrons. The van der Waals surface area contributed by atoms with Gasteiger partial charge in [-0.2, -0.15) is 0 Å². The first kappa shape index (κ1) is 21.9. The van der Waals surface area contributed by atoms with Gasteiger partial charge in [0.05, 0.1) is 25.9 Å². The van der Waals surface area contributed by atoms with Crippen LogP contribution in [0, 0.1) is 5.82 Å². The highest BCUT2D eigenvalue weighted by Gasteiger charge is 2.49. The maximum Gasteiger partial charge on any atom is 0.325 e. The lowest BCUT2D eigenvalue weighted by Gasteiger charge is -2.23. The van der Waals surface area contributed by atoms with Crippen molar-refractivity contribution in [3.63, 3.8) is 0 Å². The summed E-state index contributed by atoms with van der Waals surface area (Å²) in [6.45, 7) is 5.46. The molecule has 2 aromatic carbocycles. The molecule has 2 atom stereocenters. The molecular formula is C23H27FN2O4. The van der Waals surface area contributed by atoms with Gasteiger partial charge in [-0.15, -0.1) is 0 Å². The van der Waals surface area contributed by atoms with Gasteiger partial charge in [0, 0.05) is 5.56 Å². The van der Waals surface area contributed by atoms with Crippen molar-refractivity contribution in [2.45, 2.75) is 44.9 Å². The number of hydrogen-bond donors (Lipinski definition) is 2. The molecule has 0 aliphatic carbocycles. The number of aliphatic hydroxyl groups is 1. The highest BCUT2D eigenvalue weighted by molar-refractivity contribution is 6.07. The van der Waals surface area contributed by atoms with Gasteiger partial charge in [0.15, 0.2) is 0 Å². The molecule has 2 N–H and O–H groups in total. The Hall–Kier alpha value is -2.77. The number of amides is 3. The van der Waals surface area contributed by atoms with Crippen LogP contribution in [0.4, 0.5) is 9.18 Å². The second-order valence-electron chi connectivity index (χ2n) is 8.01. The summed E-state index contributed by atoms with van der Waals surface area (Å²) in [4.78, 5) is 26.4. The number of carbonyl (C=O) groups is 2. The summed E-state index contributed by atoms with van der Waals surface area (Å²) in [7, 11) is 0. The van der Waals surface area contributed by atoms with Gasteiger partial charge in [0.2, 0.25) is 0 Å². The van der Waals surface area contributed by atoms with E-state index >= 15 is 0 Å². The fraction of sp³-hybridized carbons (Fsp3) is 0.391. The zero-order chi connectivity index (χ0) is 21.9. The Morgan fingerprint density at radius 3 is 2.43 bits per heavy atom. The molecule has 160 valence electrons. The van der Waals surface area contributed by atoms with Crippen LogP contribution >= 0.6 is 0 Å². The summed E-state index contributed by atoms with van der Waals surface area (Å²) in [5, 5.41) is 13.0. The Balaban J connectivity index is 1.60. The van der Waals surface area contributed by atoms with Gasteiger partial charge in [-0.25, -0.2) is 9.18 Å². The van der Waals surface area contributed by atoms with Crippen molar-refractivity contribution < 1.29 is 23.8 Å². The Kier molecular flexibility index (Phi) is 6.53. The summed E-state index contributed by atoms with van der Waals surface area (Å²) < 4.78 is 19.0. The number of urea groups is 1. The van der Waals surface area contributed by atoms with E-state index < -0.39 is 23.6 Å². The topological polar surface area (TPSA) is 78.9 Å². The third-order valence-corrected chi connectivity index (χ3v) is 5.35. The van der Waals surface area contributed by atoms with E-state index in [1.807, 2.05) is 24.3 Å². The number of ether oxygens (including phenoxy) is 1. The standard InChI is InChI=1S/C23H27FN2O4/c1-15(2)16-8-10-18(11-9-16)23(3)21(28)26(22(29)25-23)12-19(27)14-30-13-17-6-4-5-7-20(17)24/h4-11,15,19,27H,12-14H2,1-3H3,(H,25,29)/t19-,23+/m1/s1. The quantitative estimate of drug-likeness (QED) is 0.650. The molecule has 0 bridgehead atoms. The lowest BCUT2D eigenvalue weighted by molar-refractivity contribution is -0.132. The van der Waals surface area contributed by atoms with Crippen LogP contribution in [0.5, 0.6) is 0 Å². The second kappa shape index (κ2) is 8.93. The predicted octanol–water partition coefficient (Wildman–Crippen LogP) is 3.29. The molecule has 0 spiro atoms. The first-order valence-corrected chi connectivity index (χ1v) is 9.96. The Bertz CT molecular complexity index is 916. The van der Waals surface area contributed by atoms with Crippen LogP contribution in [-0.2, 0) is 21.7 Å². The van der Waals surface area contributed by atoms with Gasteiger partial charge in [-0.3, -0.25) is 9.69 Å². The normalized spacial score (nSPS) is 20.0. The maximum atomic E-state index is 13.6.